The predicted octanol–water partition coefficient (Wildman–Crippen LogP) is 1.00. The molecular weight excluding hydrogens is 330 g/mol. The normalized spacial score (nSPS) is 21.5. The minimum atomic E-state index is -3.61. The highest BCUT2D eigenvalue weighted by Crippen LogP contribution is 2.34. The third-order valence-electron chi connectivity index (χ3n) is 4.42. The van der Waals surface area contributed by atoms with Gasteiger partial charge in [-0.05, 0) is 20.3 Å². The van der Waals surface area contributed by atoms with Crippen LogP contribution in [0.1, 0.15) is 30.8 Å². The van der Waals surface area contributed by atoms with Crippen LogP contribution in [-0.4, -0.2) is 40.9 Å². The molecule has 0 spiro atoms. The summed E-state index contributed by atoms with van der Waals surface area (Å²) in [5.41, 5.74) is 0.993. The van der Waals surface area contributed by atoms with Gasteiger partial charge < -0.3 is 9.30 Å². The second kappa shape index (κ2) is 6.66. The molecule has 0 unspecified atom stereocenters. The van der Waals surface area contributed by atoms with Crippen molar-refractivity contribution >= 4 is 10.0 Å². The van der Waals surface area contributed by atoms with Gasteiger partial charge in [0.15, 0.2) is 5.03 Å². The van der Waals surface area contributed by atoms with Gasteiger partial charge in [-0.15, -0.1) is 0 Å². The van der Waals surface area contributed by atoms with E-state index < -0.39 is 10.0 Å². The van der Waals surface area contributed by atoms with E-state index in [0.29, 0.717) is 19.0 Å². The smallest absolute Gasteiger partial charge is 0.259 e. The molecule has 0 bridgehead atoms. The van der Waals surface area contributed by atoms with E-state index in [1.165, 1.54) is 6.20 Å². The number of imidazole rings is 1. The van der Waals surface area contributed by atoms with Crippen LogP contribution in [0.2, 0.25) is 0 Å². The molecule has 1 saturated heterocycles. The highest BCUT2D eigenvalue weighted by Gasteiger charge is 2.32. The molecule has 1 aliphatic rings. The zero-order valence-electron chi connectivity index (χ0n) is 14.1. The third-order valence-corrected chi connectivity index (χ3v) is 5.71. The Balaban J connectivity index is 1.68. The molecule has 8 nitrogen and oxygen atoms in total. The maximum Gasteiger partial charge on any atom is 0.259 e. The minimum absolute atomic E-state index is 0.0526. The minimum Gasteiger partial charge on any atom is -0.373 e. The van der Waals surface area contributed by atoms with Crippen LogP contribution >= 0.6 is 0 Å². The number of nitrogens with one attached hydrogen (secondary N) is 1. The molecule has 1 N–H and O–H groups in total. The van der Waals surface area contributed by atoms with Crippen LogP contribution < -0.4 is 4.72 Å². The molecule has 1 aliphatic heterocycles. The lowest BCUT2D eigenvalue weighted by atomic mass is 9.98. The van der Waals surface area contributed by atoms with Gasteiger partial charge in [-0.1, -0.05) is 0 Å². The van der Waals surface area contributed by atoms with E-state index in [4.69, 9.17) is 4.74 Å². The zero-order valence-corrected chi connectivity index (χ0v) is 15.0. The lowest BCUT2D eigenvalue weighted by Gasteiger charge is -2.17. The van der Waals surface area contributed by atoms with Crippen molar-refractivity contribution < 1.29 is 13.2 Å². The summed E-state index contributed by atoms with van der Waals surface area (Å²) in [6.07, 6.45) is 5.96. The Morgan fingerprint density at radius 2 is 2.21 bits per heavy atom. The first-order valence-electron chi connectivity index (χ1n) is 8.04. The molecular formula is C15H23N5O3S. The fourth-order valence-corrected chi connectivity index (χ4v) is 3.99. The molecule has 9 heteroatoms. The topological polar surface area (TPSA) is 91.0 Å². The quantitative estimate of drug-likeness (QED) is 0.837. The van der Waals surface area contributed by atoms with Gasteiger partial charge in [-0.25, -0.2) is 18.1 Å². The molecule has 0 aliphatic carbocycles. The van der Waals surface area contributed by atoms with Crippen molar-refractivity contribution in [2.45, 2.75) is 37.9 Å². The van der Waals surface area contributed by atoms with Gasteiger partial charge in [-0.3, -0.25) is 4.68 Å². The Morgan fingerprint density at radius 3 is 2.83 bits per heavy atom. The lowest BCUT2D eigenvalue weighted by molar-refractivity contribution is 0.0916. The van der Waals surface area contributed by atoms with Gasteiger partial charge >= 0.3 is 0 Å². The van der Waals surface area contributed by atoms with E-state index in [1.54, 1.807) is 24.7 Å². The van der Waals surface area contributed by atoms with Crippen molar-refractivity contribution in [2.75, 3.05) is 13.2 Å². The van der Waals surface area contributed by atoms with Crippen molar-refractivity contribution in [3.8, 4) is 0 Å². The van der Waals surface area contributed by atoms with Gasteiger partial charge in [0.05, 0.1) is 12.3 Å². The van der Waals surface area contributed by atoms with Crippen molar-refractivity contribution in [2.24, 2.45) is 13.0 Å². The van der Waals surface area contributed by atoms with E-state index in [0.717, 1.165) is 18.5 Å². The number of aryl methyl sites for hydroxylation is 3. The summed E-state index contributed by atoms with van der Waals surface area (Å²) in [6, 6.07) is 0. The van der Waals surface area contributed by atoms with Crippen molar-refractivity contribution in [1.29, 1.82) is 0 Å². The Bertz CT molecular complexity index is 791. The Kier molecular flexibility index (Phi) is 4.75. The predicted molar refractivity (Wildman–Crippen MR) is 87.8 cm³/mol. The zero-order chi connectivity index (χ0) is 17.3. The SMILES string of the molecule is CCn1cc([C@@H]2OCC[C@H]2CNS(=O)(=O)c2cn(C)c(C)n2)cn1. The molecule has 2 aromatic heterocycles. The number of ether oxygens (including phenoxy) is 1. The van der Waals surface area contributed by atoms with Crippen LogP contribution in [0.5, 0.6) is 0 Å². The summed E-state index contributed by atoms with van der Waals surface area (Å²) in [7, 11) is -1.84. The van der Waals surface area contributed by atoms with Gasteiger partial charge in [0, 0.05) is 50.6 Å². The fourth-order valence-electron chi connectivity index (χ4n) is 2.86. The van der Waals surface area contributed by atoms with Crippen molar-refractivity contribution in [1.82, 2.24) is 24.1 Å². The average molecular weight is 353 g/mol. The standard InChI is InChI=1S/C15H23N5O3S/c1-4-20-9-13(7-16-20)15-12(5-6-23-15)8-17-24(21,22)14-10-19(3)11(2)18-14/h7,9-10,12,15,17H,4-6,8H2,1-3H3/t12-,15+/m0/s1. The average Bonchev–Trinajstić information content (AvgIpc) is 3.25. The number of hydrogen-bond donors (Lipinski definition) is 1. The summed E-state index contributed by atoms with van der Waals surface area (Å²) < 4.78 is 36.8. The lowest BCUT2D eigenvalue weighted by Crippen LogP contribution is -2.30. The van der Waals surface area contributed by atoms with Crippen molar-refractivity contribution in [3.05, 3.63) is 30.0 Å². The van der Waals surface area contributed by atoms with E-state index in [2.05, 4.69) is 14.8 Å². The second-order valence-corrected chi connectivity index (χ2v) is 7.77. The summed E-state index contributed by atoms with van der Waals surface area (Å²) in [5.74, 6) is 0.739. The summed E-state index contributed by atoms with van der Waals surface area (Å²) >= 11 is 0. The molecule has 2 atom stereocenters. The maximum absolute atomic E-state index is 12.4. The van der Waals surface area contributed by atoms with Crippen LogP contribution in [0.15, 0.2) is 23.6 Å². The number of sulfonamides is 1. The van der Waals surface area contributed by atoms with Crippen LogP contribution in [-0.2, 0) is 28.4 Å². The summed E-state index contributed by atoms with van der Waals surface area (Å²) in [5, 5.41) is 4.32. The van der Waals surface area contributed by atoms with Gasteiger partial charge in [0.1, 0.15) is 5.82 Å². The Hall–Kier alpha value is -1.71. The first-order valence-corrected chi connectivity index (χ1v) is 9.52. The molecule has 3 rings (SSSR count). The fraction of sp³-hybridized carbons (Fsp3) is 0.600. The number of aromatic nitrogens is 4. The number of rotatable bonds is 6. The van der Waals surface area contributed by atoms with E-state index in [1.807, 2.05) is 17.8 Å². The highest BCUT2D eigenvalue weighted by molar-refractivity contribution is 7.89. The van der Waals surface area contributed by atoms with Gasteiger partial charge in [-0.2, -0.15) is 5.10 Å². The molecule has 132 valence electrons. The van der Waals surface area contributed by atoms with Crippen LogP contribution in [0.3, 0.4) is 0 Å². The Morgan fingerprint density at radius 1 is 1.42 bits per heavy atom. The molecule has 0 saturated carbocycles. The van der Waals surface area contributed by atoms with Gasteiger partial charge in [0.25, 0.3) is 10.0 Å². The second-order valence-electron chi connectivity index (χ2n) is 6.06. The largest absolute Gasteiger partial charge is 0.373 e. The molecule has 0 aromatic carbocycles. The summed E-state index contributed by atoms with van der Waals surface area (Å²) in [6.45, 7) is 5.53. The highest BCUT2D eigenvalue weighted by atomic mass is 32.2. The number of hydrogen-bond acceptors (Lipinski definition) is 5. The monoisotopic (exact) mass is 353 g/mol. The molecule has 1 fully saturated rings. The van der Waals surface area contributed by atoms with Gasteiger partial charge in [0.2, 0.25) is 0 Å². The molecule has 3 heterocycles. The summed E-state index contributed by atoms with van der Waals surface area (Å²) in [4.78, 5) is 4.09. The first-order chi connectivity index (χ1) is 11.4. The first kappa shape index (κ1) is 17.1. The Labute approximate surface area is 141 Å². The number of nitrogens with zero attached hydrogens (tertiary/aromatic N) is 4. The van der Waals surface area contributed by atoms with E-state index in [9.17, 15) is 8.42 Å². The van der Waals surface area contributed by atoms with Crippen LogP contribution in [0.4, 0.5) is 0 Å². The van der Waals surface area contributed by atoms with E-state index in [-0.39, 0.29) is 17.0 Å². The van der Waals surface area contributed by atoms with Crippen LogP contribution in [0.25, 0.3) is 0 Å². The third kappa shape index (κ3) is 3.38. The molecule has 0 amide bonds. The molecule has 2 aromatic rings. The molecule has 0 radical (unpaired) electrons. The molecule has 24 heavy (non-hydrogen) atoms. The van der Waals surface area contributed by atoms with E-state index >= 15 is 0 Å². The van der Waals surface area contributed by atoms with Crippen molar-refractivity contribution in [3.63, 3.8) is 0 Å². The van der Waals surface area contributed by atoms with Crippen LogP contribution in [0, 0.1) is 12.8 Å². The maximum atomic E-state index is 12.4.